The zero-order valence-electron chi connectivity index (χ0n) is 7.37. The van der Waals surface area contributed by atoms with Gasteiger partial charge < -0.3 is 4.29 Å². The van der Waals surface area contributed by atoms with Gasteiger partial charge in [-0.1, -0.05) is 37.3 Å². The molecule has 0 aromatic heterocycles. The van der Waals surface area contributed by atoms with Crippen molar-refractivity contribution in [1.82, 2.24) is 0 Å². The van der Waals surface area contributed by atoms with Crippen molar-refractivity contribution in [3.05, 3.63) is 35.9 Å². The molecule has 0 fully saturated rings. The number of hydrogen-bond acceptors (Lipinski definition) is 2. The fraction of sp³-hybridized carbons (Fsp3) is 0.300. The number of carbonyl (C=O) groups excluding carboxylic acids is 1. The van der Waals surface area contributed by atoms with Gasteiger partial charge in [-0.3, -0.25) is 0 Å². The summed E-state index contributed by atoms with van der Waals surface area (Å²) >= 11 is 5.03. The normalized spacial score (nSPS) is 12.2. The first kappa shape index (κ1) is 10.1. The predicted octanol–water partition coefficient (Wildman–Crippen LogP) is 2.88. The Morgan fingerprint density at radius 2 is 2.08 bits per heavy atom. The monoisotopic (exact) mass is 198 g/mol. The minimum absolute atomic E-state index is 0.251. The molecule has 1 aromatic rings. The molecule has 0 amide bonds. The Bertz CT molecular complexity index is 272. The summed E-state index contributed by atoms with van der Waals surface area (Å²) in [5, 5.41) is 0. The van der Waals surface area contributed by atoms with Crippen LogP contribution in [0.5, 0.6) is 0 Å². The molecule has 0 spiro atoms. The zero-order chi connectivity index (χ0) is 9.68. The van der Waals surface area contributed by atoms with Crippen LogP contribution in [0.25, 0.3) is 0 Å². The maximum absolute atomic E-state index is 11.2. The average molecular weight is 199 g/mol. The number of benzene rings is 1. The van der Waals surface area contributed by atoms with Crippen molar-refractivity contribution in [3.63, 3.8) is 0 Å². The molecule has 0 aliphatic carbocycles. The molecular formula is C10H11ClO2. The Balaban J connectivity index is 2.85. The van der Waals surface area contributed by atoms with E-state index in [1.165, 1.54) is 0 Å². The highest BCUT2D eigenvalue weighted by atomic mass is 35.5. The Morgan fingerprint density at radius 3 is 2.54 bits per heavy atom. The Morgan fingerprint density at radius 1 is 1.46 bits per heavy atom. The van der Waals surface area contributed by atoms with E-state index in [0.29, 0.717) is 6.42 Å². The summed E-state index contributed by atoms with van der Waals surface area (Å²) in [5.74, 6) is -0.644. The summed E-state index contributed by atoms with van der Waals surface area (Å²) in [4.78, 5) is 11.2. The second-order valence-corrected chi connectivity index (χ2v) is 2.92. The third-order valence-corrected chi connectivity index (χ3v) is 2.12. The smallest absolute Gasteiger partial charge is 0.332 e. The summed E-state index contributed by atoms with van der Waals surface area (Å²) in [5.41, 5.74) is 0.940. The minimum Gasteiger partial charge on any atom is -0.347 e. The van der Waals surface area contributed by atoms with E-state index in [-0.39, 0.29) is 5.92 Å². The lowest BCUT2D eigenvalue weighted by molar-refractivity contribution is -0.135. The molecule has 1 rings (SSSR count). The van der Waals surface area contributed by atoms with Crippen LogP contribution in [-0.4, -0.2) is 5.97 Å². The average Bonchev–Trinajstić information content (AvgIpc) is 2.20. The van der Waals surface area contributed by atoms with Gasteiger partial charge in [0.1, 0.15) is 11.9 Å². The fourth-order valence-corrected chi connectivity index (χ4v) is 1.39. The lowest BCUT2D eigenvalue weighted by Crippen LogP contribution is -2.11. The summed E-state index contributed by atoms with van der Waals surface area (Å²) in [6.45, 7) is 1.92. The molecule has 0 heterocycles. The van der Waals surface area contributed by atoms with Gasteiger partial charge in [0.05, 0.1) is 5.92 Å². The van der Waals surface area contributed by atoms with Crippen LogP contribution in [0.15, 0.2) is 30.3 Å². The van der Waals surface area contributed by atoms with Gasteiger partial charge in [-0.2, -0.15) is 0 Å². The number of carbonyl (C=O) groups is 1. The predicted molar refractivity (Wildman–Crippen MR) is 51.4 cm³/mol. The molecule has 0 saturated carbocycles. The number of hydrogen-bond donors (Lipinski definition) is 0. The molecule has 2 nitrogen and oxygen atoms in total. The van der Waals surface area contributed by atoms with Gasteiger partial charge in [0.15, 0.2) is 0 Å². The molecule has 0 bridgehead atoms. The van der Waals surface area contributed by atoms with Crippen LogP contribution in [0.1, 0.15) is 24.8 Å². The van der Waals surface area contributed by atoms with Crippen LogP contribution in [0.2, 0.25) is 0 Å². The van der Waals surface area contributed by atoms with E-state index in [4.69, 9.17) is 11.9 Å². The van der Waals surface area contributed by atoms with Gasteiger partial charge >= 0.3 is 5.97 Å². The van der Waals surface area contributed by atoms with E-state index in [0.717, 1.165) is 5.56 Å². The van der Waals surface area contributed by atoms with E-state index in [1.54, 1.807) is 0 Å². The highest BCUT2D eigenvalue weighted by Crippen LogP contribution is 2.20. The van der Waals surface area contributed by atoms with Crippen LogP contribution in [0, 0.1) is 0 Å². The van der Waals surface area contributed by atoms with Crippen molar-refractivity contribution >= 4 is 17.8 Å². The molecule has 0 aliphatic rings. The second-order valence-electron chi connectivity index (χ2n) is 2.77. The standard InChI is InChI=1S/C10H11ClO2/c1-2-9(10(12)13-11)8-6-4-3-5-7-8/h3-7,9H,2H2,1H3. The topological polar surface area (TPSA) is 26.3 Å². The summed E-state index contributed by atoms with van der Waals surface area (Å²) in [6.07, 6.45) is 0.690. The van der Waals surface area contributed by atoms with Crippen LogP contribution >= 0.6 is 11.9 Å². The van der Waals surface area contributed by atoms with Crippen molar-refractivity contribution < 1.29 is 9.08 Å². The number of rotatable bonds is 3. The summed E-state index contributed by atoms with van der Waals surface area (Å²) < 4.78 is 4.19. The van der Waals surface area contributed by atoms with Crippen LogP contribution in [0.4, 0.5) is 0 Å². The third-order valence-electron chi connectivity index (χ3n) is 1.97. The van der Waals surface area contributed by atoms with Crippen molar-refractivity contribution in [2.24, 2.45) is 0 Å². The molecule has 1 unspecified atom stereocenters. The van der Waals surface area contributed by atoms with Gasteiger partial charge in [0, 0.05) is 0 Å². The van der Waals surface area contributed by atoms with Crippen molar-refractivity contribution in [2.45, 2.75) is 19.3 Å². The molecule has 1 aromatic carbocycles. The molecule has 0 radical (unpaired) electrons. The lowest BCUT2D eigenvalue weighted by Gasteiger charge is -2.10. The quantitative estimate of drug-likeness (QED) is 0.747. The lowest BCUT2D eigenvalue weighted by atomic mass is 9.97. The SMILES string of the molecule is CCC(C(=O)OCl)c1ccccc1. The maximum Gasteiger partial charge on any atom is 0.332 e. The molecular weight excluding hydrogens is 188 g/mol. The summed E-state index contributed by atoms with van der Waals surface area (Å²) in [7, 11) is 0. The van der Waals surface area contributed by atoms with E-state index < -0.39 is 5.97 Å². The first-order chi connectivity index (χ1) is 6.29. The van der Waals surface area contributed by atoms with Crippen LogP contribution < -0.4 is 0 Å². The highest BCUT2D eigenvalue weighted by molar-refractivity contribution is 6.13. The summed E-state index contributed by atoms with van der Waals surface area (Å²) in [6, 6.07) is 9.46. The first-order valence-electron chi connectivity index (χ1n) is 4.17. The van der Waals surface area contributed by atoms with Crippen molar-refractivity contribution in [1.29, 1.82) is 0 Å². The molecule has 13 heavy (non-hydrogen) atoms. The fourth-order valence-electron chi connectivity index (χ4n) is 1.28. The molecule has 0 saturated heterocycles. The Hall–Kier alpha value is -1.02. The first-order valence-corrected chi connectivity index (χ1v) is 4.47. The molecule has 0 N–H and O–H groups in total. The highest BCUT2D eigenvalue weighted by Gasteiger charge is 2.19. The number of halogens is 1. The van der Waals surface area contributed by atoms with E-state index in [2.05, 4.69) is 4.29 Å². The molecule has 3 heteroatoms. The van der Waals surface area contributed by atoms with E-state index in [1.807, 2.05) is 37.3 Å². The van der Waals surface area contributed by atoms with Crippen LogP contribution in [-0.2, 0) is 9.08 Å². The Kier molecular flexibility index (Phi) is 3.77. The van der Waals surface area contributed by atoms with Gasteiger partial charge in [-0.25, -0.2) is 4.79 Å². The second kappa shape index (κ2) is 4.87. The van der Waals surface area contributed by atoms with Gasteiger partial charge in [-0.15, -0.1) is 0 Å². The van der Waals surface area contributed by atoms with E-state index in [9.17, 15) is 4.79 Å². The maximum atomic E-state index is 11.2. The largest absolute Gasteiger partial charge is 0.347 e. The Labute approximate surface area is 82.6 Å². The van der Waals surface area contributed by atoms with E-state index >= 15 is 0 Å². The van der Waals surface area contributed by atoms with Crippen molar-refractivity contribution in [2.75, 3.05) is 0 Å². The van der Waals surface area contributed by atoms with Crippen LogP contribution in [0.3, 0.4) is 0 Å². The van der Waals surface area contributed by atoms with Crippen molar-refractivity contribution in [3.8, 4) is 0 Å². The molecule has 70 valence electrons. The third kappa shape index (κ3) is 2.46. The zero-order valence-corrected chi connectivity index (χ0v) is 8.12. The molecule has 0 aliphatic heterocycles. The van der Waals surface area contributed by atoms with Gasteiger partial charge in [0.25, 0.3) is 0 Å². The van der Waals surface area contributed by atoms with Gasteiger partial charge in [0.2, 0.25) is 0 Å². The molecule has 1 atom stereocenters. The minimum atomic E-state index is -0.393. The van der Waals surface area contributed by atoms with Gasteiger partial charge in [-0.05, 0) is 12.0 Å².